The predicted octanol–water partition coefficient (Wildman–Crippen LogP) is 2.67. The molecule has 0 saturated heterocycles. The van der Waals surface area contributed by atoms with Crippen molar-refractivity contribution < 1.29 is 56.0 Å². The van der Waals surface area contributed by atoms with Gasteiger partial charge in [-0.1, -0.05) is 13.8 Å². The number of hydrogen-bond donors (Lipinski definition) is 6. The van der Waals surface area contributed by atoms with Crippen LogP contribution in [0.15, 0.2) is 24.4 Å². The topological polar surface area (TPSA) is 158 Å². The Morgan fingerprint density at radius 1 is 1.09 bits per heavy atom. The van der Waals surface area contributed by atoms with Crippen LogP contribution in [0.25, 0.3) is 10.9 Å². The molecule has 0 aliphatic rings. The average molecular weight is 519 g/mol. The van der Waals surface area contributed by atoms with Gasteiger partial charge >= 0.3 is 24.3 Å². The molecule has 0 radical (unpaired) electrons. The Kier molecular flexibility index (Phi) is 13.1. The molecule has 7 N–H and O–H groups in total. The Bertz CT molecular complexity index is 906. The van der Waals surface area contributed by atoms with E-state index < -0.39 is 30.4 Å². The first kappa shape index (κ1) is 32.0. The second-order valence-electron chi connectivity index (χ2n) is 7.19. The zero-order chi connectivity index (χ0) is 27.4. The molecule has 2 rings (SSSR count). The third-order valence-electron chi connectivity index (χ3n) is 3.84. The van der Waals surface area contributed by atoms with Crippen LogP contribution in [0, 0.1) is 0 Å². The number of aliphatic hydroxyl groups excluding tert-OH is 1. The molecule has 0 bridgehead atoms. The maximum absolute atomic E-state index is 10.6. The van der Waals surface area contributed by atoms with E-state index >= 15 is 0 Å². The third kappa shape index (κ3) is 13.4. The van der Waals surface area contributed by atoms with Gasteiger partial charge in [-0.15, -0.1) is 0 Å². The lowest BCUT2D eigenvalue weighted by Crippen LogP contribution is -2.35. The summed E-state index contributed by atoms with van der Waals surface area (Å²) in [6.45, 7) is 5.53. The van der Waals surface area contributed by atoms with E-state index in [1.807, 2.05) is 38.2 Å². The van der Waals surface area contributed by atoms with Crippen molar-refractivity contribution in [2.45, 2.75) is 44.8 Å². The highest BCUT2D eigenvalue weighted by Gasteiger charge is 2.38. The van der Waals surface area contributed by atoms with Crippen LogP contribution in [0.3, 0.4) is 0 Å². The quantitative estimate of drug-likeness (QED) is 0.291. The van der Waals surface area contributed by atoms with E-state index in [9.17, 15) is 31.4 Å². The van der Waals surface area contributed by atoms with Crippen molar-refractivity contribution in [1.29, 1.82) is 0 Å². The lowest BCUT2D eigenvalue weighted by molar-refractivity contribution is -0.193. The number of ether oxygens (including phenoxy) is 1. The number of hydrogen-bond acceptors (Lipinski definition) is 6. The van der Waals surface area contributed by atoms with Crippen LogP contribution in [-0.4, -0.2) is 76.4 Å². The first-order valence-corrected chi connectivity index (χ1v) is 9.93. The van der Waals surface area contributed by atoms with Crippen LogP contribution in [-0.2, 0) is 16.0 Å². The summed E-state index contributed by atoms with van der Waals surface area (Å²) in [5.74, 6) is -4.75. The van der Waals surface area contributed by atoms with Gasteiger partial charge in [-0.25, -0.2) is 9.59 Å². The summed E-state index contributed by atoms with van der Waals surface area (Å²) < 4.78 is 69.1. The molecule has 35 heavy (non-hydrogen) atoms. The summed E-state index contributed by atoms with van der Waals surface area (Å²) in [4.78, 5) is 21.0. The second kappa shape index (κ2) is 14.4. The number of aromatic amines is 1. The van der Waals surface area contributed by atoms with Crippen LogP contribution in [0.4, 0.5) is 26.3 Å². The molecule has 1 unspecified atom stereocenters. The predicted molar refractivity (Wildman–Crippen MR) is 113 cm³/mol. The van der Waals surface area contributed by atoms with Gasteiger partial charge in [0, 0.05) is 29.7 Å². The molecule has 200 valence electrons. The third-order valence-corrected chi connectivity index (χ3v) is 3.84. The molecule has 1 aromatic carbocycles. The van der Waals surface area contributed by atoms with Gasteiger partial charge < -0.3 is 36.1 Å². The second-order valence-corrected chi connectivity index (χ2v) is 7.19. The number of halogens is 6. The number of H-pyrrole nitrogens is 1. The Morgan fingerprint density at radius 3 is 2.03 bits per heavy atom. The normalized spacial score (nSPS) is 12.3. The number of nitrogens with one attached hydrogen (secondary N) is 2. The molecule has 0 aliphatic carbocycles. The van der Waals surface area contributed by atoms with Gasteiger partial charge in [-0.05, 0) is 36.7 Å². The molecule has 0 amide bonds. The molecular weight excluding hydrogens is 492 g/mol. The number of aromatic nitrogens is 1. The maximum Gasteiger partial charge on any atom is 0.490 e. The molecule has 1 heterocycles. The van der Waals surface area contributed by atoms with Crippen molar-refractivity contribution in [2.75, 3.05) is 19.7 Å². The summed E-state index contributed by atoms with van der Waals surface area (Å²) in [6.07, 6.45) is -7.86. The molecular formula is C20H27F6N3O6. The number of carboxylic acids is 2. The Labute approximate surface area is 195 Å². The first-order chi connectivity index (χ1) is 16.0. The van der Waals surface area contributed by atoms with E-state index in [2.05, 4.69) is 10.3 Å². The molecule has 9 nitrogen and oxygen atoms in total. The molecule has 2 aromatic rings. The highest BCUT2D eigenvalue weighted by molar-refractivity contribution is 5.84. The standard InChI is InChI=1S/C16H25N3O2.2C2HF3O2/c1-11(2)18-9-13(20)10-21-14-3-4-16-15(7-14)12(5-6-17)8-19-16;2*3-2(4,5)1(6)7/h3-4,7-8,11,13,18-20H,5-6,9-10,17H2,1-2H3;2*(H,6,7). The van der Waals surface area contributed by atoms with Gasteiger partial charge in [-0.2, -0.15) is 26.3 Å². The van der Waals surface area contributed by atoms with E-state index in [0.717, 1.165) is 23.1 Å². The van der Waals surface area contributed by atoms with Crippen LogP contribution in [0.2, 0.25) is 0 Å². The number of fused-ring (bicyclic) bond motifs is 1. The zero-order valence-corrected chi connectivity index (χ0v) is 18.7. The van der Waals surface area contributed by atoms with Gasteiger partial charge in [0.15, 0.2) is 0 Å². The summed E-state index contributed by atoms with van der Waals surface area (Å²) >= 11 is 0. The summed E-state index contributed by atoms with van der Waals surface area (Å²) in [5, 5.41) is 28.4. The minimum Gasteiger partial charge on any atom is -0.491 e. The van der Waals surface area contributed by atoms with E-state index in [0.29, 0.717) is 19.1 Å². The Hall–Kier alpha value is -3.04. The molecule has 0 aliphatic heterocycles. The molecule has 0 saturated carbocycles. The van der Waals surface area contributed by atoms with Crippen molar-refractivity contribution >= 4 is 22.8 Å². The van der Waals surface area contributed by atoms with Crippen LogP contribution in [0.1, 0.15) is 19.4 Å². The minimum absolute atomic E-state index is 0.280. The number of carboxylic acid groups (broad SMARTS) is 2. The summed E-state index contributed by atoms with van der Waals surface area (Å²) in [7, 11) is 0. The van der Waals surface area contributed by atoms with E-state index in [1.54, 1.807) is 0 Å². The number of benzene rings is 1. The fourth-order valence-corrected chi connectivity index (χ4v) is 2.23. The lowest BCUT2D eigenvalue weighted by Gasteiger charge is -2.15. The highest BCUT2D eigenvalue weighted by Crippen LogP contribution is 2.24. The van der Waals surface area contributed by atoms with Crippen molar-refractivity contribution in [2.24, 2.45) is 5.73 Å². The average Bonchev–Trinajstić information content (AvgIpc) is 3.12. The number of carbonyl (C=O) groups is 2. The smallest absolute Gasteiger partial charge is 0.490 e. The molecule has 1 atom stereocenters. The fourth-order valence-electron chi connectivity index (χ4n) is 2.23. The Balaban J connectivity index is 0.000000680. The number of aliphatic hydroxyl groups is 1. The van der Waals surface area contributed by atoms with Crippen molar-refractivity contribution in [3.05, 3.63) is 30.0 Å². The van der Waals surface area contributed by atoms with Crippen LogP contribution >= 0.6 is 0 Å². The summed E-state index contributed by atoms with van der Waals surface area (Å²) in [6, 6.07) is 6.26. The first-order valence-electron chi connectivity index (χ1n) is 9.93. The van der Waals surface area contributed by atoms with E-state index in [-0.39, 0.29) is 6.61 Å². The number of nitrogens with two attached hydrogens (primary N) is 1. The highest BCUT2D eigenvalue weighted by atomic mass is 19.4. The van der Waals surface area contributed by atoms with Gasteiger partial charge in [0.2, 0.25) is 0 Å². The van der Waals surface area contributed by atoms with Gasteiger partial charge in [-0.3, -0.25) is 0 Å². The molecule has 1 aromatic heterocycles. The number of alkyl halides is 6. The molecule has 15 heteroatoms. The fraction of sp³-hybridized carbons (Fsp3) is 0.500. The lowest BCUT2D eigenvalue weighted by atomic mass is 10.1. The largest absolute Gasteiger partial charge is 0.491 e. The monoisotopic (exact) mass is 519 g/mol. The van der Waals surface area contributed by atoms with E-state index in [4.69, 9.17) is 30.3 Å². The molecule has 0 spiro atoms. The SMILES string of the molecule is CC(C)NCC(O)COc1ccc2[nH]cc(CCN)c2c1.O=C(O)C(F)(F)F.O=C(O)C(F)(F)F. The van der Waals surface area contributed by atoms with Crippen LogP contribution < -0.4 is 15.8 Å². The maximum atomic E-state index is 10.6. The van der Waals surface area contributed by atoms with Crippen molar-refractivity contribution in [1.82, 2.24) is 10.3 Å². The van der Waals surface area contributed by atoms with E-state index in [1.165, 1.54) is 5.56 Å². The van der Waals surface area contributed by atoms with Crippen LogP contribution in [0.5, 0.6) is 5.75 Å². The minimum atomic E-state index is -5.08. The van der Waals surface area contributed by atoms with Crippen molar-refractivity contribution in [3.8, 4) is 5.75 Å². The van der Waals surface area contributed by atoms with Gasteiger partial charge in [0.25, 0.3) is 0 Å². The Morgan fingerprint density at radius 2 is 1.60 bits per heavy atom. The van der Waals surface area contributed by atoms with Gasteiger partial charge in [0.05, 0.1) is 0 Å². The number of aliphatic carboxylic acids is 2. The molecule has 0 fully saturated rings. The van der Waals surface area contributed by atoms with Crippen molar-refractivity contribution in [3.63, 3.8) is 0 Å². The van der Waals surface area contributed by atoms with Gasteiger partial charge in [0.1, 0.15) is 18.5 Å². The summed E-state index contributed by atoms with van der Waals surface area (Å²) in [5.41, 5.74) is 7.89. The zero-order valence-electron chi connectivity index (χ0n) is 18.7. The number of rotatable bonds is 8.